The van der Waals surface area contributed by atoms with Crippen LogP contribution in [-0.4, -0.2) is 27.2 Å². The molecule has 4 rings (SSSR count). The number of aromatic nitrogens is 2. The third-order valence-corrected chi connectivity index (χ3v) is 6.84. The number of carboxylic acid groups (broad SMARTS) is 1. The molecule has 0 amide bonds. The molecule has 3 aromatic carbocycles. The zero-order chi connectivity index (χ0) is 27.8. The highest BCUT2D eigenvalue weighted by Crippen LogP contribution is 2.30. The van der Waals surface area contributed by atoms with E-state index in [1.54, 1.807) is 6.07 Å². The maximum absolute atomic E-state index is 10.6. The zero-order valence-corrected chi connectivity index (χ0v) is 23.6. The van der Waals surface area contributed by atoms with Crippen LogP contribution < -0.4 is 4.74 Å². The van der Waals surface area contributed by atoms with Gasteiger partial charge in [0.2, 0.25) is 0 Å². The van der Waals surface area contributed by atoms with E-state index >= 15 is 0 Å². The molecule has 0 radical (unpaired) electrons. The SMILES string of the molecule is CC(C)CCn1cc(-c2ccc(Cl)cc2Cl)nc1/C=C/c1ccc(-c2ccc(OCCCC(=O)O)cc2)cc1. The van der Waals surface area contributed by atoms with E-state index in [1.165, 1.54) is 0 Å². The summed E-state index contributed by atoms with van der Waals surface area (Å²) in [5.74, 6) is 1.38. The topological polar surface area (TPSA) is 64.4 Å². The van der Waals surface area contributed by atoms with Gasteiger partial charge in [-0.1, -0.05) is 79.5 Å². The summed E-state index contributed by atoms with van der Waals surface area (Å²) >= 11 is 12.5. The molecule has 1 aromatic heterocycles. The largest absolute Gasteiger partial charge is 0.494 e. The van der Waals surface area contributed by atoms with E-state index in [-0.39, 0.29) is 6.42 Å². The maximum atomic E-state index is 10.6. The fraction of sp³-hybridized carbons (Fsp3) is 0.250. The number of hydrogen-bond acceptors (Lipinski definition) is 3. The number of hydrogen-bond donors (Lipinski definition) is 1. The first-order valence-corrected chi connectivity index (χ1v) is 13.8. The summed E-state index contributed by atoms with van der Waals surface area (Å²) in [6, 6.07) is 21.7. The molecule has 0 aliphatic carbocycles. The lowest BCUT2D eigenvalue weighted by Crippen LogP contribution is -2.02. The van der Waals surface area contributed by atoms with Gasteiger partial charge in [-0.3, -0.25) is 4.79 Å². The average molecular weight is 564 g/mol. The van der Waals surface area contributed by atoms with Crippen molar-refractivity contribution in [2.45, 2.75) is 39.7 Å². The van der Waals surface area contributed by atoms with Gasteiger partial charge in [0, 0.05) is 29.7 Å². The normalized spacial score (nSPS) is 11.4. The molecule has 4 aromatic rings. The Balaban J connectivity index is 1.46. The molecule has 0 fully saturated rings. The average Bonchev–Trinajstić information content (AvgIpc) is 3.32. The van der Waals surface area contributed by atoms with Gasteiger partial charge >= 0.3 is 5.97 Å². The van der Waals surface area contributed by atoms with Crippen LogP contribution in [0.1, 0.15) is 44.5 Å². The molecule has 202 valence electrons. The van der Waals surface area contributed by atoms with Crippen LogP contribution in [0, 0.1) is 5.92 Å². The van der Waals surface area contributed by atoms with Gasteiger partial charge in [0.1, 0.15) is 11.6 Å². The molecule has 0 spiro atoms. The molecule has 0 aliphatic rings. The first kappa shape index (κ1) is 28.5. The quantitative estimate of drug-likeness (QED) is 0.175. The fourth-order valence-electron chi connectivity index (χ4n) is 4.08. The minimum absolute atomic E-state index is 0.108. The van der Waals surface area contributed by atoms with Gasteiger partial charge in [-0.05, 0) is 71.9 Å². The first-order valence-electron chi connectivity index (χ1n) is 13.0. The number of halogens is 2. The van der Waals surface area contributed by atoms with Crippen molar-refractivity contribution < 1.29 is 14.6 Å². The second-order valence-electron chi connectivity index (χ2n) is 9.81. The standard InChI is InChI=1S/C32H32Cl2N2O3/c1-22(2)17-18-36-21-30(28-15-12-26(33)20-29(28)34)35-31(36)16-7-23-5-8-24(9-6-23)25-10-13-27(14-11-25)39-19-3-4-32(37)38/h5-16,20-22H,3-4,17-19H2,1-2H3,(H,37,38)/b16-7+. The molecule has 0 aliphatic heterocycles. The predicted molar refractivity (Wildman–Crippen MR) is 160 cm³/mol. The molecular formula is C32H32Cl2N2O3. The third kappa shape index (κ3) is 8.22. The summed E-state index contributed by atoms with van der Waals surface area (Å²) in [7, 11) is 0. The van der Waals surface area contributed by atoms with Crippen molar-refractivity contribution in [1.82, 2.24) is 9.55 Å². The fourth-order valence-corrected chi connectivity index (χ4v) is 4.59. The van der Waals surface area contributed by atoms with Gasteiger partial charge in [0.05, 0.1) is 17.3 Å². The van der Waals surface area contributed by atoms with E-state index in [1.807, 2.05) is 42.5 Å². The monoisotopic (exact) mass is 562 g/mol. The van der Waals surface area contributed by atoms with E-state index in [4.69, 9.17) is 38.0 Å². The van der Waals surface area contributed by atoms with E-state index in [0.29, 0.717) is 29.0 Å². The molecule has 1 heterocycles. The molecule has 0 bridgehead atoms. The van der Waals surface area contributed by atoms with Crippen molar-refractivity contribution in [3.63, 3.8) is 0 Å². The van der Waals surface area contributed by atoms with Crippen LogP contribution in [0.25, 0.3) is 34.5 Å². The highest BCUT2D eigenvalue weighted by atomic mass is 35.5. The lowest BCUT2D eigenvalue weighted by molar-refractivity contribution is -0.137. The van der Waals surface area contributed by atoms with Crippen LogP contribution in [0.4, 0.5) is 0 Å². The minimum Gasteiger partial charge on any atom is -0.494 e. The smallest absolute Gasteiger partial charge is 0.303 e. The van der Waals surface area contributed by atoms with Crippen LogP contribution in [0.15, 0.2) is 72.9 Å². The van der Waals surface area contributed by atoms with Crippen LogP contribution in [0.5, 0.6) is 5.75 Å². The Morgan fingerprint density at radius 1 is 1.00 bits per heavy atom. The van der Waals surface area contributed by atoms with E-state index in [9.17, 15) is 4.79 Å². The summed E-state index contributed by atoms with van der Waals surface area (Å²) in [5.41, 5.74) is 4.94. The van der Waals surface area contributed by atoms with Crippen LogP contribution >= 0.6 is 23.2 Å². The summed E-state index contributed by atoms with van der Waals surface area (Å²) in [6.45, 7) is 5.69. The number of rotatable bonds is 12. The zero-order valence-electron chi connectivity index (χ0n) is 22.1. The lowest BCUT2D eigenvalue weighted by atomic mass is 10.0. The summed E-state index contributed by atoms with van der Waals surface area (Å²) in [4.78, 5) is 15.5. The van der Waals surface area contributed by atoms with Crippen LogP contribution in [0.2, 0.25) is 10.0 Å². The molecular weight excluding hydrogens is 531 g/mol. The van der Waals surface area contributed by atoms with Gasteiger partial charge in [0.25, 0.3) is 0 Å². The molecule has 1 N–H and O–H groups in total. The number of aliphatic carboxylic acids is 1. The highest BCUT2D eigenvalue weighted by Gasteiger charge is 2.12. The Morgan fingerprint density at radius 3 is 2.33 bits per heavy atom. The van der Waals surface area contributed by atoms with E-state index in [0.717, 1.165) is 52.5 Å². The molecule has 0 saturated carbocycles. The summed E-state index contributed by atoms with van der Waals surface area (Å²) in [6.07, 6.45) is 7.81. The van der Waals surface area contributed by atoms with Gasteiger partial charge in [-0.2, -0.15) is 0 Å². The van der Waals surface area contributed by atoms with Crippen LogP contribution in [0.3, 0.4) is 0 Å². The maximum Gasteiger partial charge on any atom is 0.303 e. The number of carbonyl (C=O) groups is 1. The number of imidazole rings is 1. The Hall–Kier alpha value is -3.54. The van der Waals surface area contributed by atoms with Gasteiger partial charge in [0.15, 0.2) is 0 Å². The predicted octanol–water partition coefficient (Wildman–Crippen LogP) is 8.98. The Kier molecular flexibility index (Phi) is 9.85. The van der Waals surface area contributed by atoms with E-state index in [2.05, 4.69) is 55.0 Å². The van der Waals surface area contributed by atoms with Crippen molar-refractivity contribution >= 4 is 41.3 Å². The summed E-state index contributed by atoms with van der Waals surface area (Å²) in [5, 5.41) is 9.91. The Labute approximate surface area is 239 Å². The van der Waals surface area contributed by atoms with Gasteiger partial charge in [-0.15, -0.1) is 0 Å². The summed E-state index contributed by atoms with van der Waals surface area (Å²) < 4.78 is 7.81. The number of carboxylic acids is 1. The first-order chi connectivity index (χ1) is 18.8. The Bertz CT molecular complexity index is 1430. The van der Waals surface area contributed by atoms with Crippen molar-refractivity contribution in [3.8, 4) is 28.1 Å². The van der Waals surface area contributed by atoms with Gasteiger partial charge < -0.3 is 14.4 Å². The minimum atomic E-state index is -0.809. The number of ether oxygens (including phenoxy) is 1. The molecule has 5 nitrogen and oxygen atoms in total. The highest BCUT2D eigenvalue weighted by molar-refractivity contribution is 6.36. The Morgan fingerprint density at radius 2 is 1.69 bits per heavy atom. The molecule has 0 saturated heterocycles. The van der Waals surface area contributed by atoms with Gasteiger partial charge in [-0.25, -0.2) is 4.98 Å². The van der Waals surface area contributed by atoms with Crippen LogP contribution in [-0.2, 0) is 11.3 Å². The molecule has 0 atom stereocenters. The second-order valence-corrected chi connectivity index (χ2v) is 10.7. The lowest BCUT2D eigenvalue weighted by Gasteiger charge is -2.08. The molecule has 7 heteroatoms. The molecule has 39 heavy (non-hydrogen) atoms. The van der Waals surface area contributed by atoms with Crippen molar-refractivity contribution in [1.29, 1.82) is 0 Å². The third-order valence-electron chi connectivity index (χ3n) is 6.29. The molecule has 0 unspecified atom stereocenters. The second kappa shape index (κ2) is 13.5. The van der Waals surface area contributed by atoms with Crippen molar-refractivity contribution in [2.75, 3.05) is 6.61 Å². The van der Waals surface area contributed by atoms with Crippen molar-refractivity contribution in [2.24, 2.45) is 5.92 Å². The number of benzene rings is 3. The number of aryl methyl sites for hydroxylation is 1. The van der Waals surface area contributed by atoms with E-state index < -0.39 is 5.97 Å². The number of nitrogens with zero attached hydrogens (tertiary/aromatic N) is 2. The van der Waals surface area contributed by atoms with Crippen molar-refractivity contribution in [3.05, 3.63) is 94.4 Å².